The van der Waals surface area contributed by atoms with E-state index in [0.29, 0.717) is 12.2 Å². The molecule has 2 aromatic rings. The van der Waals surface area contributed by atoms with Crippen LogP contribution in [0.2, 0.25) is 10.0 Å². The van der Waals surface area contributed by atoms with Gasteiger partial charge in [0.25, 0.3) is 10.0 Å². The molecule has 2 rings (SSSR count). The smallest absolute Gasteiger partial charge is 0.261 e. The number of methoxy groups -OCH3 is 1. The first kappa shape index (κ1) is 16.9. The third kappa shape index (κ3) is 3.48. The van der Waals surface area contributed by atoms with Crippen molar-refractivity contribution in [3.05, 3.63) is 52.0 Å². The van der Waals surface area contributed by atoms with E-state index in [0.717, 1.165) is 5.56 Å². The molecule has 0 unspecified atom stereocenters. The van der Waals surface area contributed by atoms with Gasteiger partial charge in [-0.15, -0.1) is 0 Å². The molecule has 0 bridgehead atoms. The number of hydrogen-bond acceptors (Lipinski definition) is 3. The Hall–Kier alpha value is -1.43. The van der Waals surface area contributed by atoms with Gasteiger partial charge in [0, 0.05) is 0 Å². The molecule has 0 aliphatic carbocycles. The molecule has 0 spiro atoms. The monoisotopic (exact) mass is 359 g/mol. The van der Waals surface area contributed by atoms with Crippen LogP contribution in [-0.4, -0.2) is 15.5 Å². The largest absolute Gasteiger partial charge is 0.496 e. The number of hydrogen-bond donors (Lipinski definition) is 1. The number of rotatable bonds is 5. The highest BCUT2D eigenvalue weighted by molar-refractivity contribution is 7.92. The molecular formula is C15H15Cl2NO3S. The van der Waals surface area contributed by atoms with Crippen LogP contribution in [0.5, 0.6) is 5.75 Å². The van der Waals surface area contributed by atoms with Crippen LogP contribution >= 0.6 is 23.2 Å². The number of nitrogens with one attached hydrogen (secondary N) is 1. The molecule has 0 saturated heterocycles. The van der Waals surface area contributed by atoms with E-state index in [-0.39, 0.29) is 20.6 Å². The van der Waals surface area contributed by atoms with E-state index in [2.05, 4.69) is 4.72 Å². The Labute approximate surface area is 140 Å². The summed E-state index contributed by atoms with van der Waals surface area (Å²) in [7, 11) is -2.21. The lowest BCUT2D eigenvalue weighted by molar-refractivity contribution is 0.409. The average molecular weight is 360 g/mol. The number of halogens is 2. The summed E-state index contributed by atoms with van der Waals surface area (Å²) in [6.45, 7) is 1.93. The Morgan fingerprint density at radius 2 is 1.91 bits per heavy atom. The maximum absolute atomic E-state index is 12.5. The van der Waals surface area contributed by atoms with Gasteiger partial charge in [-0.25, -0.2) is 8.42 Å². The Bertz CT molecular complexity index is 791. The van der Waals surface area contributed by atoms with Gasteiger partial charge >= 0.3 is 0 Å². The third-order valence-electron chi connectivity index (χ3n) is 3.14. The first-order valence-corrected chi connectivity index (χ1v) is 8.76. The van der Waals surface area contributed by atoms with Gasteiger partial charge in [-0.1, -0.05) is 36.2 Å². The van der Waals surface area contributed by atoms with Crippen LogP contribution in [0.3, 0.4) is 0 Å². The van der Waals surface area contributed by atoms with Gasteiger partial charge in [-0.05, 0) is 42.3 Å². The van der Waals surface area contributed by atoms with E-state index < -0.39 is 10.0 Å². The predicted molar refractivity (Wildman–Crippen MR) is 89.6 cm³/mol. The molecule has 0 heterocycles. The van der Waals surface area contributed by atoms with Gasteiger partial charge in [-0.3, -0.25) is 4.72 Å². The molecule has 22 heavy (non-hydrogen) atoms. The van der Waals surface area contributed by atoms with Crippen molar-refractivity contribution in [3.8, 4) is 5.75 Å². The van der Waals surface area contributed by atoms with Crippen LogP contribution in [0.4, 0.5) is 5.69 Å². The summed E-state index contributed by atoms with van der Waals surface area (Å²) in [6, 6.07) is 9.46. The molecule has 0 saturated carbocycles. The second-order valence-electron chi connectivity index (χ2n) is 4.53. The fraction of sp³-hybridized carbons (Fsp3) is 0.200. The molecule has 0 fully saturated rings. The van der Waals surface area contributed by atoms with Crippen molar-refractivity contribution in [2.45, 2.75) is 18.2 Å². The van der Waals surface area contributed by atoms with Gasteiger partial charge in [0.15, 0.2) is 0 Å². The zero-order chi connectivity index (χ0) is 16.3. The number of benzene rings is 2. The number of aryl methyl sites for hydroxylation is 1. The molecule has 4 nitrogen and oxygen atoms in total. The highest BCUT2D eigenvalue weighted by Crippen LogP contribution is 2.31. The summed E-state index contributed by atoms with van der Waals surface area (Å²) < 4.78 is 32.6. The van der Waals surface area contributed by atoms with Crippen molar-refractivity contribution >= 4 is 38.9 Å². The third-order valence-corrected chi connectivity index (χ3v) is 5.32. The van der Waals surface area contributed by atoms with Gasteiger partial charge in [0.1, 0.15) is 5.75 Å². The van der Waals surface area contributed by atoms with Crippen molar-refractivity contribution in [2.75, 3.05) is 11.8 Å². The molecular weight excluding hydrogens is 345 g/mol. The lowest BCUT2D eigenvalue weighted by atomic mass is 10.1. The minimum Gasteiger partial charge on any atom is -0.496 e. The first-order chi connectivity index (χ1) is 10.4. The second-order valence-corrected chi connectivity index (χ2v) is 7.00. The van der Waals surface area contributed by atoms with Crippen LogP contribution in [0.25, 0.3) is 0 Å². The molecule has 0 amide bonds. The molecule has 1 N–H and O–H groups in total. The van der Waals surface area contributed by atoms with Gasteiger partial charge in [0.2, 0.25) is 0 Å². The van der Waals surface area contributed by atoms with Crippen molar-refractivity contribution in [1.82, 2.24) is 0 Å². The van der Waals surface area contributed by atoms with Gasteiger partial charge < -0.3 is 4.74 Å². The molecule has 2 aromatic carbocycles. The van der Waals surface area contributed by atoms with E-state index in [1.54, 1.807) is 37.4 Å². The van der Waals surface area contributed by atoms with Crippen molar-refractivity contribution in [2.24, 2.45) is 0 Å². The first-order valence-electron chi connectivity index (χ1n) is 6.52. The van der Waals surface area contributed by atoms with Crippen LogP contribution in [0.1, 0.15) is 12.5 Å². The topological polar surface area (TPSA) is 55.4 Å². The van der Waals surface area contributed by atoms with E-state index in [1.807, 2.05) is 6.92 Å². The summed E-state index contributed by atoms with van der Waals surface area (Å²) in [5.41, 5.74) is 1.05. The lowest BCUT2D eigenvalue weighted by Gasteiger charge is -2.12. The Morgan fingerprint density at radius 3 is 2.55 bits per heavy atom. The zero-order valence-corrected chi connectivity index (χ0v) is 14.4. The van der Waals surface area contributed by atoms with Crippen LogP contribution < -0.4 is 9.46 Å². The fourth-order valence-electron chi connectivity index (χ4n) is 1.98. The zero-order valence-electron chi connectivity index (χ0n) is 12.1. The number of sulfonamides is 1. The Balaban J connectivity index is 2.40. The summed E-state index contributed by atoms with van der Waals surface area (Å²) >= 11 is 11.9. The van der Waals surface area contributed by atoms with Gasteiger partial charge in [-0.2, -0.15) is 0 Å². The van der Waals surface area contributed by atoms with Crippen molar-refractivity contribution < 1.29 is 13.2 Å². The molecule has 0 aromatic heterocycles. The summed E-state index contributed by atoms with van der Waals surface area (Å²) in [5, 5.41) is 0.447. The summed E-state index contributed by atoms with van der Waals surface area (Å²) in [4.78, 5) is 0.140. The Morgan fingerprint density at radius 1 is 1.18 bits per heavy atom. The SMILES string of the molecule is CCc1cc(S(=O)(=O)Nc2cccc(Cl)c2Cl)ccc1OC. The van der Waals surface area contributed by atoms with Gasteiger partial charge in [0.05, 0.1) is 27.7 Å². The molecule has 0 aliphatic heterocycles. The summed E-state index contributed by atoms with van der Waals surface area (Å²) in [6.07, 6.45) is 0.657. The normalized spacial score (nSPS) is 11.3. The van der Waals surface area contributed by atoms with E-state index in [4.69, 9.17) is 27.9 Å². The van der Waals surface area contributed by atoms with Crippen molar-refractivity contribution in [3.63, 3.8) is 0 Å². The number of ether oxygens (including phenoxy) is 1. The van der Waals surface area contributed by atoms with Crippen LogP contribution in [0.15, 0.2) is 41.3 Å². The molecule has 118 valence electrons. The van der Waals surface area contributed by atoms with E-state index in [1.165, 1.54) is 6.07 Å². The highest BCUT2D eigenvalue weighted by atomic mass is 35.5. The minimum absolute atomic E-state index is 0.140. The second kappa shape index (κ2) is 6.77. The minimum atomic E-state index is -3.76. The van der Waals surface area contributed by atoms with Crippen molar-refractivity contribution in [1.29, 1.82) is 0 Å². The lowest BCUT2D eigenvalue weighted by Crippen LogP contribution is -2.13. The summed E-state index contributed by atoms with van der Waals surface area (Å²) in [5.74, 6) is 0.655. The molecule has 0 aliphatic rings. The Kier molecular flexibility index (Phi) is 5.21. The van der Waals surface area contributed by atoms with Crippen LogP contribution in [-0.2, 0) is 16.4 Å². The maximum atomic E-state index is 12.5. The number of anilines is 1. The predicted octanol–water partition coefficient (Wildman–Crippen LogP) is 4.37. The van der Waals surface area contributed by atoms with E-state index in [9.17, 15) is 8.42 Å². The average Bonchev–Trinajstić information content (AvgIpc) is 2.51. The quantitative estimate of drug-likeness (QED) is 0.862. The molecule has 0 radical (unpaired) electrons. The molecule has 7 heteroatoms. The molecule has 0 atom stereocenters. The van der Waals surface area contributed by atoms with E-state index >= 15 is 0 Å². The standard InChI is InChI=1S/C15H15Cl2NO3S/c1-3-10-9-11(7-8-14(10)21-2)22(19,20)18-13-6-4-5-12(16)15(13)17/h4-9,18H,3H2,1-2H3. The fourth-order valence-corrected chi connectivity index (χ4v) is 3.51. The maximum Gasteiger partial charge on any atom is 0.261 e. The van der Waals surface area contributed by atoms with Crippen LogP contribution in [0, 0.1) is 0 Å². The highest BCUT2D eigenvalue weighted by Gasteiger charge is 2.18.